The standard InChI is InChI=1S/C7H9NO/c1-8-4-2-3-7(5-8)6-9/h2,4H,3,5H2,1H3. The van der Waals surface area contributed by atoms with Crippen LogP contribution >= 0.6 is 0 Å². The highest BCUT2D eigenvalue weighted by Gasteiger charge is 2.03. The molecule has 1 heterocycles. The van der Waals surface area contributed by atoms with E-state index in [0.717, 1.165) is 18.5 Å². The van der Waals surface area contributed by atoms with Crippen molar-refractivity contribution >= 4 is 5.94 Å². The molecule has 9 heavy (non-hydrogen) atoms. The molecule has 1 rings (SSSR count). The third kappa shape index (κ3) is 1.44. The molecule has 0 atom stereocenters. The third-order valence-electron chi connectivity index (χ3n) is 1.31. The minimum Gasteiger partial charge on any atom is -0.376 e. The fourth-order valence-corrected chi connectivity index (χ4v) is 0.867. The van der Waals surface area contributed by atoms with Crippen LogP contribution in [0.4, 0.5) is 0 Å². The number of hydrogen-bond acceptors (Lipinski definition) is 2. The van der Waals surface area contributed by atoms with Gasteiger partial charge in [0.25, 0.3) is 0 Å². The zero-order chi connectivity index (χ0) is 6.69. The maximum absolute atomic E-state index is 10.1. The van der Waals surface area contributed by atoms with Crippen LogP contribution in [0.5, 0.6) is 0 Å². The quantitative estimate of drug-likeness (QED) is 0.439. The molecule has 0 spiro atoms. The number of hydrogen-bond donors (Lipinski definition) is 0. The topological polar surface area (TPSA) is 20.3 Å². The van der Waals surface area contributed by atoms with Crippen molar-refractivity contribution in [3.63, 3.8) is 0 Å². The molecule has 0 aliphatic carbocycles. The van der Waals surface area contributed by atoms with Crippen LogP contribution < -0.4 is 0 Å². The Morgan fingerprint density at radius 2 is 2.56 bits per heavy atom. The highest BCUT2D eigenvalue weighted by Crippen LogP contribution is 2.06. The monoisotopic (exact) mass is 123 g/mol. The lowest BCUT2D eigenvalue weighted by Gasteiger charge is -2.17. The fraction of sp³-hybridized carbons (Fsp3) is 0.429. The average molecular weight is 123 g/mol. The minimum atomic E-state index is 0.736. The maximum Gasteiger partial charge on any atom is 0.125 e. The molecule has 1 aliphatic rings. The minimum absolute atomic E-state index is 0.736. The van der Waals surface area contributed by atoms with Gasteiger partial charge in [-0.15, -0.1) is 0 Å². The van der Waals surface area contributed by atoms with Crippen molar-refractivity contribution in [3.8, 4) is 0 Å². The van der Waals surface area contributed by atoms with E-state index in [4.69, 9.17) is 0 Å². The van der Waals surface area contributed by atoms with E-state index < -0.39 is 0 Å². The summed E-state index contributed by atoms with van der Waals surface area (Å²) in [6.07, 6.45) is 4.71. The second-order valence-corrected chi connectivity index (χ2v) is 2.21. The van der Waals surface area contributed by atoms with Crippen molar-refractivity contribution in [1.29, 1.82) is 0 Å². The number of carbonyl (C=O) groups excluding carboxylic acids is 1. The Hall–Kier alpha value is -1.01. The van der Waals surface area contributed by atoms with Gasteiger partial charge in [0.1, 0.15) is 5.94 Å². The average Bonchev–Trinajstić information content (AvgIpc) is 1.88. The second-order valence-electron chi connectivity index (χ2n) is 2.21. The summed E-state index contributed by atoms with van der Waals surface area (Å²) in [5.74, 6) is 1.91. The Morgan fingerprint density at radius 3 is 3.00 bits per heavy atom. The molecule has 2 nitrogen and oxygen atoms in total. The predicted molar refractivity (Wildman–Crippen MR) is 35.6 cm³/mol. The molecule has 0 aromatic heterocycles. The first kappa shape index (κ1) is 6.12. The Labute approximate surface area is 54.5 Å². The Kier molecular flexibility index (Phi) is 1.71. The molecule has 0 saturated heterocycles. The molecule has 0 saturated carbocycles. The zero-order valence-corrected chi connectivity index (χ0v) is 5.42. The fourth-order valence-electron chi connectivity index (χ4n) is 0.867. The van der Waals surface area contributed by atoms with Gasteiger partial charge in [-0.1, -0.05) is 6.08 Å². The summed E-state index contributed by atoms with van der Waals surface area (Å²) in [5, 5.41) is 0. The van der Waals surface area contributed by atoms with E-state index >= 15 is 0 Å². The van der Waals surface area contributed by atoms with Crippen LogP contribution in [0.2, 0.25) is 0 Å². The number of allylic oxidation sites excluding steroid dienone is 1. The van der Waals surface area contributed by atoms with Crippen molar-refractivity contribution in [2.75, 3.05) is 13.6 Å². The Bertz CT molecular complexity index is 177. The first-order chi connectivity index (χ1) is 4.33. The van der Waals surface area contributed by atoms with Crippen molar-refractivity contribution in [3.05, 3.63) is 17.8 Å². The van der Waals surface area contributed by atoms with Gasteiger partial charge in [-0.25, -0.2) is 4.79 Å². The molecule has 0 fully saturated rings. The van der Waals surface area contributed by atoms with Crippen molar-refractivity contribution in [2.24, 2.45) is 0 Å². The van der Waals surface area contributed by atoms with Gasteiger partial charge >= 0.3 is 0 Å². The summed E-state index contributed by atoms with van der Waals surface area (Å²) in [5.41, 5.74) is 0.833. The van der Waals surface area contributed by atoms with E-state index in [-0.39, 0.29) is 0 Å². The van der Waals surface area contributed by atoms with Gasteiger partial charge in [-0.05, 0) is 6.20 Å². The van der Waals surface area contributed by atoms with Gasteiger partial charge in [0, 0.05) is 25.6 Å². The highest BCUT2D eigenvalue weighted by molar-refractivity contribution is 5.54. The molecular weight excluding hydrogens is 114 g/mol. The number of rotatable bonds is 0. The zero-order valence-electron chi connectivity index (χ0n) is 5.42. The molecule has 0 unspecified atom stereocenters. The molecule has 0 amide bonds. The van der Waals surface area contributed by atoms with Crippen LogP contribution in [0, 0.1) is 0 Å². The maximum atomic E-state index is 10.1. The predicted octanol–water partition coefficient (Wildman–Crippen LogP) is 0.594. The first-order valence-corrected chi connectivity index (χ1v) is 2.92. The van der Waals surface area contributed by atoms with E-state index in [1.807, 2.05) is 30.2 Å². The molecule has 0 aromatic carbocycles. The van der Waals surface area contributed by atoms with E-state index in [0.29, 0.717) is 0 Å². The smallest absolute Gasteiger partial charge is 0.125 e. The lowest BCUT2D eigenvalue weighted by atomic mass is 10.1. The van der Waals surface area contributed by atoms with Crippen LogP contribution in [0.15, 0.2) is 17.8 Å². The lowest BCUT2D eigenvalue weighted by Crippen LogP contribution is -2.17. The second kappa shape index (κ2) is 2.51. The van der Waals surface area contributed by atoms with Gasteiger partial charge in [0.05, 0.1) is 0 Å². The van der Waals surface area contributed by atoms with Crippen LogP contribution in [-0.2, 0) is 4.79 Å². The number of nitrogens with zero attached hydrogens (tertiary/aromatic N) is 1. The molecular formula is C7H9NO. The summed E-state index contributed by atoms with van der Waals surface area (Å²) in [6.45, 7) is 0.736. The van der Waals surface area contributed by atoms with Crippen molar-refractivity contribution in [1.82, 2.24) is 4.90 Å². The Morgan fingerprint density at radius 1 is 1.78 bits per heavy atom. The highest BCUT2D eigenvalue weighted by atomic mass is 16.1. The molecule has 0 radical (unpaired) electrons. The van der Waals surface area contributed by atoms with Crippen LogP contribution in [-0.4, -0.2) is 24.4 Å². The van der Waals surface area contributed by atoms with Gasteiger partial charge in [0.2, 0.25) is 0 Å². The van der Waals surface area contributed by atoms with Crippen LogP contribution in [0.3, 0.4) is 0 Å². The summed E-state index contributed by atoms with van der Waals surface area (Å²) in [7, 11) is 1.94. The normalized spacial score (nSPS) is 17.9. The van der Waals surface area contributed by atoms with Crippen molar-refractivity contribution in [2.45, 2.75) is 6.42 Å². The third-order valence-corrected chi connectivity index (χ3v) is 1.31. The van der Waals surface area contributed by atoms with Crippen molar-refractivity contribution < 1.29 is 4.79 Å². The number of likely N-dealkylation sites (N-methyl/N-ethyl adjacent to an activating group) is 1. The van der Waals surface area contributed by atoms with Gasteiger partial charge in [-0.2, -0.15) is 0 Å². The molecule has 1 aliphatic heterocycles. The van der Waals surface area contributed by atoms with E-state index in [2.05, 4.69) is 0 Å². The van der Waals surface area contributed by atoms with E-state index in [1.54, 1.807) is 0 Å². The molecule has 0 N–H and O–H groups in total. The van der Waals surface area contributed by atoms with E-state index in [9.17, 15) is 4.79 Å². The lowest BCUT2D eigenvalue weighted by molar-refractivity contribution is 0.476. The molecule has 48 valence electrons. The van der Waals surface area contributed by atoms with Crippen LogP contribution in [0.25, 0.3) is 0 Å². The summed E-state index contributed by atoms with van der Waals surface area (Å²) in [4.78, 5) is 12.0. The van der Waals surface area contributed by atoms with Gasteiger partial charge in [-0.3, -0.25) is 0 Å². The Balaban J connectivity index is 2.68. The largest absolute Gasteiger partial charge is 0.376 e. The van der Waals surface area contributed by atoms with E-state index in [1.165, 1.54) is 0 Å². The van der Waals surface area contributed by atoms with Gasteiger partial charge in [0.15, 0.2) is 0 Å². The molecule has 0 bridgehead atoms. The summed E-state index contributed by atoms with van der Waals surface area (Å²) >= 11 is 0. The SMILES string of the molecule is CN1C=CCC(=C=O)C1. The summed E-state index contributed by atoms with van der Waals surface area (Å²) < 4.78 is 0. The summed E-state index contributed by atoms with van der Waals surface area (Å²) in [6, 6.07) is 0. The molecule has 2 heteroatoms. The van der Waals surface area contributed by atoms with Gasteiger partial charge < -0.3 is 4.90 Å². The first-order valence-electron chi connectivity index (χ1n) is 2.92. The molecule has 0 aromatic rings. The van der Waals surface area contributed by atoms with Crippen LogP contribution in [0.1, 0.15) is 6.42 Å².